The third-order valence-electron chi connectivity index (χ3n) is 4.91. The molecule has 2 aromatic rings. The molecule has 1 aliphatic carbocycles. The molecular formula is C21H24ClF3N4O4. The van der Waals surface area contributed by atoms with Crippen LogP contribution in [-0.2, 0) is 22.3 Å². The Morgan fingerprint density at radius 2 is 1.94 bits per heavy atom. The van der Waals surface area contributed by atoms with Gasteiger partial charge >= 0.3 is 6.18 Å². The highest BCUT2D eigenvalue weighted by Gasteiger charge is 2.32. The quantitative estimate of drug-likeness (QED) is 0.543. The number of ether oxygens (including phenoxy) is 3. The third-order valence-corrected chi connectivity index (χ3v) is 5.23. The van der Waals surface area contributed by atoms with E-state index in [2.05, 4.69) is 20.3 Å². The number of halogens is 4. The molecule has 0 bridgehead atoms. The van der Waals surface area contributed by atoms with Gasteiger partial charge in [0.05, 0.1) is 30.6 Å². The minimum absolute atomic E-state index is 0.0114. The van der Waals surface area contributed by atoms with Crippen molar-refractivity contribution in [2.45, 2.75) is 51.6 Å². The molecule has 0 saturated heterocycles. The highest BCUT2D eigenvalue weighted by Crippen LogP contribution is 2.34. The number of alkyl halides is 3. The maximum Gasteiger partial charge on any atom is 0.416 e. The monoisotopic (exact) mass is 488 g/mol. The van der Waals surface area contributed by atoms with E-state index >= 15 is 0 Å². The van der Waals surface area contributed by atoms with Gasteiger partial charge in [0.2, 0.25) is 17.7 Å². The van der Waals surface area contributed by atoms with E-state index in [9.17, 15) is 18.0 Å². The molecule has 0 unspecified atom stereocenters. The van der Waals surface area contributed by atoms with Crippen molar-refractivity contribution >= 4 is 17.5 Å². The molecule has 0 aliphatic heterocycles. The first-order valence-corrected chi connectivity index (χ1v) is 10.7. The highest BCUT2D eigenvalue weighted by molar-refractivity contribution is 6.33. The summed E-state index contributed by atoms with van der Waals surface area (Å²) in [4.78, 5) is 22.8. The molecule has 1 saturated carbocycles. The Balaban J connectivity index is 1.45. The van der Waals surface area contributed by atoms with Crippen LogP contribution < -0.4 is 14.8 Å². The zero-order chi connectivity index (χ0) is 24.0. The smallest absolute Gasteiger partial charge is 0.416 e. The van der Waals surface area contributed by atoms with Crippen molar-refractivity contribution in [3.05, 3.63) is 40.9 Å². The van der Waals surface area contributed by atoms with E-state index in [1.54, 1.807) is 0 Å². The molecule has 2 aromatic heterocycles. The van der Waals surface area contributed by atoms with Crippen molar-refractivity contribution in [3.63, 3.8) is 0 Å². The molecule has 0 spiro atoms. The highest BCUT2D eigenvalue weighted by atomic mass is 35.5. The minimum atomic E-state index is -4.47. The normalized spacial score (nSPS) is 18.8. The number of rotatable bonds is 10. The second-order valence-corrected chi connectivity index (χ2v) is 8.20. The average Bonchev–Trinajstić information content (AvgIpc) is 2.71. The molecule has 1 atom stereocenters. The summed E-state index contributed by atoms with van der Waals surface area (Å²) in [5, 5.41) is 2.79. The summed E-state index contributed by atoms with van der Waals surface area (Å²) in [5.41, 5.74) is -0.739. The molecule has 33 heavy (non-hydrogen) atoms. The van der Waals surface area contributed by atoms with Gasteiger partial charge in [0.25, 0.3) is 0 Å². The Hall–Kier alpha value is -2.66. The molecule has 3 rings (SSSR count). The Kier molecular flexibility index (Phi) is 8.30. The largest absolute Gasteiger partial charge is 0.476 e. The SMILES string of the molecule is CC(=O)N[C@@H](C)COC1CC(COc2ncnc(OCc3cc(C(F)(F)F)ccn3)c2Cl)C1. The Labute approximate surface area is 193 Å². The Morgan fingerprint density at radius 3 is 2.61 bits per heavy atom. The van der Waals surface area contributed by atoms with E-state index < -0.39 is 11.7 Å². The molecule has 1 fully saturated rings. The van der Waals surface area contributed by atoms with Gasteiger partial charge in [0, 0.05) is 19.2 Å². The molecule has 1 amide bonds. The van der Waals surface area contributed by atoms with E-state index in [0.29, 0.717) is 13.2 Å². The van der Waals surface area contributed by atoms with Gasteiger partial charge in [-0.25, -0.2) is 9.97 Å². The maximum atomic E-state index is 12.8. The summed E-state index contributed by atoms with van der Waals surface area (Å²) in [6.07, 6.45) is -0.491. The average molecular weight is 489 g/mol. The summed E-state index contributed by atoms with van der Waals surface area (Å²) >= 11 is 6.24. The Morgan fingerprint density at radius 1 is 1.24 bits per heavy atom. The van der Waals surface area contributed by atoms with Crippen LogP contribution in [-0.4, -0.2) is 46.2 Å². The first-order chi connectivity index (χ1) is 15.6. The molecule has 0 radical (unpaired) electrons. The molecule has 1 aliphatic rings. The van der Waals surface area contributed by atoms with Gasteiger partial charge in [-0.1, -0.05) is 11.6 Å². The number of carbonyl (C=O) groups excluding carboxylic acids is 1. The number of nitrogens with one attached hydrogen (secondary N) is 1. The van der Waals surface area contributed by atoms with Crippen LogP contribution in [0, 0.1) is 5.92 Å². The number of amides is 1. The summed E-state index contributed by atoms with van der Waals surface area (Å²) < 4.78 is 55.4. The summed E-state index contributed by atoms with van der Waals surface area (Å²) in [6, 6.07) is 1.73. The van der Waals surface area contributed by atoms with Crippen molar-refractivity contribution in [2.75, 3.05) is 13.2 Å². The van der Waals surface area contributed by atoms with E-state index in [1.165, 1.54) is 13.3 Å². The number of carbonyl (C=O) groups is 1. The predicted molar refractivity (Wildman–Crippen MR) is 112 cm³/mol. The van der Waals surface area contributed by atoms with E-state index in [-0.39, 0.29) is 53.1 Å². The fourth-order valence-corrected chi connectivity index (χ4v) is 3.43. The van der Waals surface area contributed by atoms with Crippen LogP contribution in [0.15, 0.2) is 24.7 Å². The van der Waals surface area contributed by atoms with Crippen LogP contribution in [0.1, 0.15) is 37.9 Å². The maximum absolute atomic E-state index is 12.8. The van der Waals surface area contributed by atoms with Gasteiger partial charge in [0.1, 0.15) is 12.9 Å². The topological polar surface area (TPSA) is 95.5 Å². The molecule has 180 valence electrons. The van der Waals surface area contributed by atoms with Gasteiger partial charge in [-0.05, 0) is 37.8 Å². The second-order valence-electron chi connectivity index (χ2n) is 7.83. The third kappa shape index (κ3) is 7.43. The molecule has 12 heteroatoms. The van der Waals surface area contributed by atoms with E-state index in [1.807, 2.05) is 6.92 Å². The minimum Gasteiger partial charge on any atom is -0.476 e. The van der Waals surface area contributed by atoms with Crippen LogP contribution in [0.3, 0.4) is 0 Å². The molecule has 2 heterocycles. The molecular weight excluding hydrogens is 465 g/mol. The molecule has 0 aromatic carbocycles. The fourth-order valence-electron chi connectivity index (χ4n) is 3.23. The van der Waals surface area contributed by atoms with Crippen molar-refractivity contribution in [3.8, 4) is 11.8 Å². The van der Waals surface area contributed by atoms with Crippen molar-refractivity contribution in [1.82, 2.24) is 20.3 Å². The van der Waals surface area contributed by atoms with Crippen molar-refractivity contribution < 1.29 is 32.2 Å². The zero-order valence-electron chi connectivity index (χ0n) is 18.1. The van der Waals surface area contributed by atoms with Crippen molar-refractivity contribution in [2.24, 2.45) is 5.92 Å². The summed E-state index contributed by atoms with van der Waals surface area (Å²) in [5.74, 6) is 0.280. The number of pyridine rings is 1. The van der Waals surface area contributed by atoms with Crippen LogP contribution >= 0.6 is 11.6 Å². The number of hydrogen-bond acceptors (Lipinski definition) is 7. The predicted octanol–water partition coefficient (Wildman–Crippen LogP) is 3.82. The van der Waals surface area contributed by atoms with Crippen molar-refractivity contribution in [1.29, 1.82) is 0 Å². The van der Waals surface area contributed by atoms with Gasteiger partial charge in [-0.2, -0.15) is 13.2 Å². The lowest BCUT2D eigenvalue weighted by Crippen LogP contribution is -2.40. The molecule has 8 nitrogen and oxygen atoms in total. The number of aromatic nitrogens is 3. The summed E-state index contributed by atoms with van der Waals surface area (Å²) in [7, 11) is 0. The number of hydrogen-bond donors (Lipinski definition) is 1. The van der Waals surface area contributed by atoms with Gasteiger partial charge < -0.3 is 19.5 Å². The van der Waals surface area contributed by atoms with E-state index in [4.69, 9.17) is 25.8 Å². The zero-order valence-corrected chi connectivity index (χ0v) is 18.8. The molecule has 1 N–H and O–H groups in total. The first kappa shape index (κ1) is 25.0. The fraction of sp³-hybridized carbons (Fsp3) is 0.524. The van der Waals surface area contributed by atoms with Crippen LogP contribution in [0.4, 0.5) is 13.2 Å². The standard InChI is InChI=1S/C21H24ClF3N4O4/c1-12(29-13(2)30)8-31-17-5-14(6-17)9-32-19-18(22)20(28-11-27-19)33-10-16-7-15(3-4-26-16)21(23,24)25/h3-4,7,11-12,14,17H,5-6,8-10H2,1-2H3,(H,29,30)/t12-,14?,17?/m0/s1. The lowest BCUT2D eigenvalue weighted by atomic mass is 9.83. The summed E-state index contributed by atoms with van der Waals surface area (Å²) in [6.45, 7) is 3.90. The first-order valence-electron chi connectivity index (χ1n) is 10.3. The van der Waals surface area contributed by atoms with Crippen LogP contribution in [0.2, 0.25) is 5.02 Å². The van der Waals surface area contributed by atoms with Gasteiger partial charge in [-0.15, -0.1) is 0 Å². The van der Waals surface area contributed by atoms with Crippen LogP contribution in [0.25, 0.3) is 0 Å². The number of nitrogens with zero attached hydrogens (tertiary/aromatic N) is 3. The Bertz CT molecular complexity index is 957. The second kappa shape index (κ2) is 11.0. The lowest BCUT2D eigenvalue weighted by Gasteiger charge is -2.35. The van der Waals surface area contributed by atoms with E-state index in [0.717, 1.165) is 31.2 Å². The van der Waals surface area contributed by atoms with Gasteiger partial charge in [0.15, 0.2) is 5.02 Å². The lowest BCUT2D eigenvalue weighted by molar-refractivity contribution is -0.137. The van der Waals surface area contributed by atoms with Gasteiger partial charge in [-0.3, -0.25) is 9.78 Å². The van der Waals surface area contributed by atoms with Crippen LogP contribution in [0.5, 0.6) is 11.8 Å².